The van der Waals surface area contributed by atoms with E-state index in [1.807, 2.05) is 36.4 Å². The van der Waals surface area contributed by atoms with Crippen LogP contribution in [0.1, 0.15) is 36.6 Å². The summed E-state index contributed by atoms with van der Waals surface area (Å²) in [6.07, 6.45) is 2.07. The van der Waals surface area contributed by atoms with E-state index in [0.717, 1.165) is 17.7 Å². The van der Waals surface area contributed by atoms with Crippen molar-refractivity contribution in [3.8, 4) is 0 Å². The topological polar surface area (TPSA) is 33.1 Å². The molecule has 2 rings (SSSR count). The molecule has 0 aliphatic rings. The fourth-order valence-electron chi connectivity index (χ4n) is 2.10. The van der Waals surface area contributed by atoms with Crippen molar-refractivity contribution in [2.75, 3.05) is 0 Å². The molecule has 1 aromatic carbocycles. The smallest absolute Gasteiger partial charge is 0.103 e. The first-order valence-corrected chi connectivity index (χ1v) is 5.97. The fourth-order valence-corrected chi connectivity index (χ4v) is 2.10. The van der Waals surface area contributed by atoms with E-state index in [0.29, 0.717) is 0 Å². The molecule has 88 valence electrons. The van der Waals surface area contributed by atoms with Crippen molar-refractivity contribution in [1.29, 1.82) is 0 Å². The van der Waals surface area contributed by atoms with Gasteiger partial charge in [-0.25, -0.2) is 0 Å². The summed E-state index contributed by atoms with van der Waals surface area (Å²) in [4.78, 5) is 4.22. The molecule has 0 saturated heterocycles. The lowest BCUT2D eigenvalue weighted by molar-refractivity contribution is 0.138. The summed E-state index contributed by atoms with van der Waals surface area (Å²) in [5.41, 5.74) is 1.90. The van der Waals surface area contributed by atoms with Crippen LogP contribution in [0.25, 0.3) is 0 Å². The SMILES string of the molecule is CCC(c1ccccc1)C(O)c1ccccn1. The predicted octanol–water partition coefficient (Wildman–Crippen LogP) is 3.31. The van der Waals surface area contributed by atoms with Crippen molar-refractivity contribution >= 4 is 0 Å². The van der Waals surface area contributed by atoms with Gasteiger partial charge in [-0.3, -0.25) is 4.98 Å². The molecule has 0 bridgehead atoms. The van der Waals surface area contributed by atoms with E-state index in [1.165, 1.54) is 0 Å². The number of pyridine rings is 1. The number of hydrogen-bond acceptors (Lipinski definition) is 2. The lowest BCUT2D eigenvalue weighted by Gasteiger charge is -2.21. The van der Waals surface area contributed by atoms with Crippen LogP contribution in [0.3, 0.4) is 0 Å². The number of rotatable bonds is 4. The molecule has 2 atom stereocenters. The second kappa shape index (κ2) is 5.60. The van der Waals surface area contributed by atoms with Crippen LogP contribution in [-0.4, -0.2) is 10.1 Å². The number of nitrogens with zero attached hydrogens (tertiary/aromatic N) is 1. The maximum atomic E-state index is 10.4. The zero-order chi connectivity index (χ0) is 12.1. The number of aromatic nitrogens is 1. The predicted molar refractivity (Wildman–Crippen MR) is 68.7 cm³/mol. The molecule has 2 aromatic rings. The number of benzene rings is 1. The molecule has 0 aliphatic carbocycles. The Hall–Kier alpha value is -1.67. The van der Waals surface area contributed by atoms with Crippen LogP contribution in [-0.2, 0) is 0 Å². The standard InChI is InChI=1S/C15H17NO/c1-2-13(12-8-4-3-5-9-12)15(17)14-10-6-7-11-16-14/h3-11,13,15,17H,2H2,1H3. The second-order valence-electron chi connectivity index (χ2n) is 4.12. The molecule has 1 heterocycles. The Labute approximate surface area is 102 Å². The molecule has 1 aromatic heterocycles. The maximum Gasteiger partial charge on any atom is 0.103 e. The van der Waals surface area contributed by atoms with Gasteiger partial charge in [-0.15, -0.1) is 0 Å². The lowest BCUT2D eigenvalue weighted by atomic mass is 9.89. The minimum absolute atomic E-state index is 0.103. The van der Waals surface area contributed by atoms with E-state index in [2.05, 4.69) is 24.0 Å². The van der Waals surface area contributed by atoms with Crippen LogP contribution in [0.4, 0.5) is 0 Å². The monoisotopic (exact) mass is 227 g/mol. The van der Waals surface area contributed by atoms with Gasteiger partial charge in [0, 0.05) is 12.1 Å². The number of aliphatic hydroxyl groups excluding tert-OH is 1. The zero-order valence-electron chi connectivity index (χ0n) is 9.95. The van der Waals surface area contributed by atoms with Gasteiger partial charge in [0.1, 0.15) is 6.10 Å². The van der Waals surface area contributed by atoms with Gasteiger partial charge in [0.2, 0.25) is 0 Å². The summed E-state index contributed by atoms with van der Waals surface area (Å²) in [7, 11) is 0. The summed E-state index contributed by atoms with van der Waals surface area (Å²) in [6.45, 7) is 2.09. The van der Waals surface area contributed by atoms with Crippen molar-refractivity contribution in [2.45, 2.75) is 25.4 Å². The van der Waals surface area contributed by atoms with E-state index in [4.69, 9.17) is 0 Å². The molecule has 0 fully saturated rings. The van der Waals surface area contributed by atoms with Gasteiger partial charge >= 0.3 is 0 Å². The second-order valence-corrected chi connectivity index (χ2v) is 4.12. The van der Waals surface area contributed by atoms with E-state index < -0.39 is 6.10 Å². The summed E-state index contributed by atoms with van der Waals surface area (Å²) in [6, 6.07) is 15.7. The fraction of sp³-hybridized carbons (Fsp3) is 0.267. The maximum absolute atomic E-state index is 10.4. The van der Waals surface area contributed by atoms with Crippen molar-refractivity contribution in [3.63, 3.8) is 0 Å². The van der Waals surface area contributed by atoms with Gasteiger partial charge in [0.15, 0.2) is 0 Å². The summed E-state index contributed by atoms with van der Waals surface area (Å²) in [5.74, 6) is 0.103. The Morgan fingerprint density at radius 3 is 2.35 bits per heavy atom. The molecule has 0 spiro atoms. The first-order chi connectivity index (χ1) is 8.33. The third-order valence-corrected chi connectivity index (χ3v) is 3.04. The van der Waals surface area contributed by atoms with Gasteiger partial charge in [0.05, 0.1) is 5.69 Å². The van der Waals surface area contributed by atoms with Gasteiger partial charge in [-0.05, 0) is 24.1 Å². The zero-order valence-corrected chi connectivity index (χ0v) is 9.95. The Morgan fingerprint density at radius 1 is 1.06 bits per heavy atom. The first-order valence-electron chi connectivity index (χ1n) is 5.97. The molecule has 0 radical (unpaired) electrons. The Kier molecular flexibility index (Phi) is 3.89. The van der Waals surface area contributed by atoms with E-state index in [9.17, 15) is 5.11 Å². The van der Waals surface area contributed by atoms with Crippen LogP contribution in [0.2, 0.25) is 0 Å². The summed E-state index contributed by atoms with van der Waals surface area (Å²) < 4.78 is 0. The van der Waals surface area contributed by atoms with Gasteiger partial charge in [-0.2, -0.15) is 0 Å². The summed E-state index contributed by atoms with van der Waals surface area (Å²) >= 11 is 0. The van der Waals surface area contributed by atoms with Crippen molar-refractivity contribution < 1.29 is 5.11 Å². The minimum atomic E-state index is -0.538. The third-order valence-electron chi connectivity index (χ3n) is 3.04. The van der Waals surface area contributed by atoms with Crippen LogP contribution in [0.5, 0.6) is 0 Å². The average molecular weight is 227 g/mol. The number of hydrogen-bond donors (Lipinski definition) is 1. The highest BCUT2D eigenvalue weighted by atomic mass is 16.3. The molecule has 17 heavy (non-hydrogen) atoms. The largest absolute Gasteiger partial charge is 0.386 e. The molecule has 2 unspecified atom stereocenters. The minimum Gasteiger partial charge on any atom is -0.386 e. The van der Waals surface area contributed by atoms with E-state index >= 15 is 0 Å². The molecule has 1 N–H and O–H groups in total. The molecule has 0 amide bonds. The van der Waals surface area contributed by atoms with Crippen LogP contribution < -0.4 is 0 Å². The average Bonchev–Trinajstić information content (AvgIpc) is 2.42. The number of aliphatic hydroxyl groups is 1. The van der Waals surface area contributed by atoms with Gasteiger partial charge < -0.3 is 5.11 Å². The molecule has 2 nitrogen and oxygen atoms in total. The third kappa shape index (κ3) is 2.71. The van der Waals surface area contributed by atoms with E-state index in [-0.39, 0.29) is 5.92 Å². The normalized spacial score (nSPS) is 14.2. The molecule has 0 saturated carbocycles. The highest BCUT2D eigenvalue weighted by molar-refractivity contribution is 5.23. The quantitative estimate of drug-likeness (QED) is 0.869. The Morgan fingerprint density at radius 2 is 1.76 bits per heavy atom. The highest BCUT2D eigenvalue weighted by Crippen LogP contribution is 2.32. The molecule has 2 heteroatoms. The van der Waals surface area contributed by atoms with E-state index in [1.54, 1.807) is 6.20 Å². The first kappa shape index (κ1) is 11.8. The van der Waals surface area contributed by atoms with Crippen LogP contribution >= 0.6 is 0 Å². The van der Waals surface area contributed by atoms with Crippen LogP contribution in [0, 0.1) is 0 Å². The molecular formula is C15H17NO. The van der Waals surface area contributed by atoms with Crippen molar-refractivity contribution in [1.82, 2.24) is 4.98 Å². The lowest BCUT2D eigenvalue weighted by Crippen LogP contribution is -2.11. The van der Waals surface area contributed by atoms with Gasteiger partial charge in [0.25, 0.3) is 0 Å². The van der Waals surface area contributed by atoms with Crippen LogP contribution in [0.15, 0.2) is 54.7 Å². The Balaban J connectivity index is 2.25. The molecule has 0 aliphatic heterocycles. The highest BCUT2D eigenvalue weighted by Gasteiger charge is 2.21. The summed E-state index contributed by atoms with van der Waals surface area (Å²) in [5, 5.41) is 10.4. The van der Waals surface area contributed by atoms with Crippen molar-refractivity contribution in [3.05, 3.63) is 66.0 Å². The molecular weight excluding hydrogens is 210 g/mol. The van der Waals surface area contributed by atoms with Gasteiger partial charge in [-0.1, -0.05) is 43.3 Å². The Bertz CT molecular complexity index is 441. The van der Waals surface area contributed by atoms with Crippen molar-refractivity contribution in [2.24, 2.45) is 0 Å².